The highest BCUT2D eigenvalue weighted by Gasteiger charge is 2.32. The van der Waals surface area contributed by atoms with E-state index in [0.717, 1.165) is 61.0 Å². The van der Waals surface area contributed by atoms with Gasteiger partial charge in [0.25, 0.3) is 6.33 Å². The highest BCUT2D eigenvalue weighted by atomic mass is 16.5. The Morgan fingerprint density at radius 1 is 0.456 bits per heavy atom. The Labute approximate surface area is 479 Å². The average molecular weight is 1040 g/mol. The van der Waals surface area contributed by atoms with Crippen molar-refractivity contribution in [2.75, 3.05) is 0 Å². The lowest BCUT2D eigenvalue weighted by molar-refractivity contribution is -0.572. The van der Waals surface area contributed by atoms with Crippen molar-refractivity contribution in [3.05, 3.63) is 210 Å². The van der Waals surface area contributed by atoms with Crippen molar-refractivity contribution in [2.24, 2.45) is 0 Å². The number of benzene rings is 8. The van der Waals surface area contributed by atoms with E-state index in [2.05, 4.69) is 188 Å². The van der Waals surface area contributed by atoms with E-state index < -0.39 is 47.1 Å². The number of nitrogens with zero attached hydrogens (tertiary/aromatic N) is 4. The molecule has 3 aromatic heterocycles. The monoisotopic (exact) mass is 1040 g/mol. The molecule has 0 radical (unpaired) electrons. The van der Waals surface area contributed by atoms with Crippen LogP contribution in [0.3, 0.4) is 0 Å². The summed E-state index contributed by atoms with van der Waals surface area (Å²) in [6.45, 7) is 32.5. The van der Waals surface area contributed by atoms with Gasteiger partial charge in [-0.25, -0.2) is 4.98 Å². The van der Waals surface area contributed by atoms with Gasteiger partial charge in [-0.3, -0.25) is 13.7 Å². The van der Waals surface area contributed by atoms with Crippen LogP contribution in [0.1, 0.15) is 143 Å². The summed E-state index contributed by atoms with van der Waals surface area (Å²) < 4.78 is 90.4. The maximum Gasteiger partial charge on any atom is 0.269 e. The second-order valence-corrected chi connectivity index (χ2v) is 26.7. The maximum absolute atomic E-state index is 10.1. The number of hydrogen-bond acceptors (Lipinski definition) is 2. The van der Waals surface area contributed by atoms with Gasteiger partial charge in [-0.2, -0.15) is 0 Å². The van der Waals surface area contributed by atoms with Crippen molar-refractivity contribution in [3.63, 3.8) is 0 Å². The summed E-state index contributed by atoms with van der Waals surface area (Å²) in [6, 6.07) is 38.2. The smallest absolute Gasteiger partial charge is 0.269 e. The summed E-state index contributed by atoms with van der Waals surface area (Å²) in [5, 5.41) is 2.16. The number of ether oxygens (including phenoxy) is 1. The molecule has 11 aromatic rings. The highest BCUT2D eigenvalue weighted by molar-refractivity contribution is 6.09. The van der Waals surface area contributed by atoms with Gasteiger partial charge < -0.3 is 4.74 Å². The largest absolute Gasteiger partial charge is 0.458 e. The molecule has 8 aromatic carbocycles. The van der Waals surface area contributed by atoms with Gasteiger partial charge in [0.1, 0.15) is 17.3 Å². The Kier molecular flexibility index (Phi) is 9.93. The first-order valence-electron chi connectivity index (χ1n) is 31.5. The van der Waals surface area contributed by atoms with Gasteiger partial charge in [0.2, 0.25) is 0 Å². The van der Waals surface area contributed by atoms with Crippen LogP contribution in [0.25, 0.3) is 94.5 Å². The molecule has 5 nitrogen and oxygen atoms in total. The van der Waals surface area contributed by atoms with Crippen LogP contribution in [0.5, 0.6) is 11.5 Å². The summed E-state index contributed by atoms with van der Waals surface area (Å²) in [5.74, 6) is 1.96. The van der Waals surface area contributed by atoms with E-state index in [-0.39, 0.29) is 50.6 Å². The SMILES string of the molecule is [2H]c1c([2H])c([2H])c2c(c1[2H])-c1cc(C(C)(C)C)cc(C(C)(C)C)c1-[n+]1[c-]n(-c3cccc(Oc4ccc5c6ccccc6n(-c6cc(C(C)(C)C)ccn6)c5c4)c3)c3cc(-c4cc(C(C)(C)C)cc(C(C)(C)C)c4)cc(c31)-c1c([2H])c([2H])c([2H])c([2H])c1-2. The normalized spacial score (nSPS) is 14.4. The Hall–Kier alpha value is -8.02. The first-order chi connectivity index (χ1) is 40.6. The van der Waals surface area contributed by atoms with Gasteiger partial charge in [0, 0.05) is 23.0 Å². The van der Waals surface area contributed by atoms with Gasteiger partial charge in [0.15, 0.2) is 0 Å². The van der Waals surface area contributed by atoms with Gasteiger partial charge in [0.05, 0.1) is 44.4 Å². The van der Waals surface area contributed by atoms with E-state index in [4.69, 9.17) is 9.72 Å². The molecule has 0 bridgehead atoms. The predicted molar refractivity (Wildman–Crippen MR) is 331 cm³/mol. The molecule has 396 valence electrons. The third-order valence-electron chi connectivity index (χ3n) is 15.7. The van der Waals surface area contributed by atoms with Crippen molar-refractivity contribution in [1.29, 1.82) is 0 Å². The molecule has 0 N–H and O–H groups in total. The summed E-state index contributed by atoms with van der Waals surface area (Å²) >= 11 is 0. The van der Waals surface area contributed by atoms with E-state index in [9.17, 15) is 11.0 Å². The van der Waals surface area contributed by atoms with Gasteiger partial charge in [-0.05, 0) is 154 Å². The molecule has 0 spiro atoms. The minimum atomic E-state index is -0.598. The van der Waals surface area contributed by atoms with Crippen LogP contribution >= 0.6 is 0 Å². The molecule has 0 saturated heterocycles. The number of para-hydroxylation sites is 1. The number of imidazole rings is 1. The summed E-state index contributed by atoms with van der Waals surface area (Å²) in [7, 11) is 0. The number of aromatic nitrogens is 4. The lowest BCUT2D eigenvalue weighted by Crippen LogP contribution is -2.35. The zero-order valence-corrected chi connectivity index (χ0v) is 48.3. The topological polar surface area (TPSA) is 35.9 Å². The Bertz CT molecular complexity index is 4690. The van der Waals surface area contributed by atoms with Crippen LogP contribution in [0, 0.1) is 6.33 Å². The number of rotatable bonds is 5. The molecule has 0 amide bonds. The van der Waals surface area contributed by atoms with Gasteiger partial charge >= 0.3 is 0 Å². The van der Waals surface area contributed by atoms with Crippen LogP contribution in [0.4, 0.5) is 0 Å². The predicted octanol–water partition coefficient (Wildman–Crippen LogP) is 19.5. The zero-order valence-electron chi connectivity index (χ0n) is 56.3. The standard InChI is InChI=1S/C74H74N4O/c1-70(2,3)48-33-34-75-67(42-48)78-64-30-21-20-29-59(64)60-32-31-54(44-65(60)78)79-53-24-22-23-52(43-53)76-45-77-68-62(40-51(73(10,11)12)41-63(68)74(13,14)15)58-28-19-17-26-56(58)55-25-16-18-27-57(55)61-37-47(38-66(76)69(61)77)46-35-49(71(4,5)6)39-50(36-46)72(7,8)9/h16-44H,1-15H3/i16D,17D,18D,19D,25D,26D,27D,28D. The first kappa shape index (κ1) is 42.9. The molecule has 0 unspecified atom stereocenters. The fraction of sp³-hybridized carbons (Fsp3) is 0.270. The van der Waals surface area contributed by atoms with Crippen molar-refractivity contribution in [1.82, 2.24) is 14.1 Å². The number of pyridine rings is 1. The minimum Gasteiger partial charge on any atom is -0.458 e. The maximum atomic E-state index is 10.1. The van der Waals surface area contributed by atoms with Crippen molar-refractivity contribution in [3.8, 4) is 73.2 Å². The minimum absolute atomic E-state index is 0.00445. The van der Waals surface area contributed by atoms with Crippen molar-refractivity contribution < 1.29 is 20.3 Å². The third kappa shape index (κ3) is 9.15. The van der Waals surface area contributed by atoms with E-state index in [1.165, 1.54) is 5.56 Å². The Morgan fingerprint density at radius 2 is 1.03 bits per heavy atom. The first-order valence-corrected chi connectivity index (χ1v) is 27.5. The second-order valence-electron chi connectivity index (χ2n) is 26.7. The average Bonchev–Trinajstić information content (AvgIpc) is 1.64. The molecule has 0 aliphatic carbocycles. The number of hydrogen-bond donors (Lipinski definition) is 0. The summed E-state index contributed by atoms with van der Waals surface area (Å²) in [4.78, 5) is 4.92. The lowest BCUT2D eigenvalue weighted by Gasteiger charge is -2.30. The summed E-state index contributed by atoms with van der Waals surface area (Å²) in [6.07, 6.45) is 5.73. The highest BCUT2D eigenvalue weighted by Crippen LogP contribution is 2.48. The van der Waals surface area contributed by atoms with Crippen LogP contribution in [0.2, 0.25) is 0 Å². The summed E-state index contributed by atoms with van der Waals surface area (Å²) in [5.41, 5.74) is 10.7. The van der Waals surface area contributed by atoms with Gasteiger partial charge in [-0.1, -0.05) is 213 Å². The second kappa shape index (κ2) is 18.3. The molecule has 1 aliphatic rings. The third-order valence-corrected chi connectivity index (χ3v) is 15.7. The molecular weight excluding hydrogens is 961 g/mol. The van der Waals surface area contributed by atoms with Crippen LogP contribution in [0.15, 0.2) is 176 Å². The fourth-order valence-electron chi connectivity index (χ4n) is 11.2. The molecule has 12 rings (SSSR count). The Balaban J connectivity index is 1.21. The fourth-order valence-corrected chi connectivity index (χ4v) is 11.2. The molecule has 0 atom stereocenters. The zero-order chi connectivity index (χ0) is 62.7. The van der Waals surface area contributed by atoms with Crippen LogP contribution in [-0.2, 0) is 27.1 Å². The molecule has 4 heterocycles. The molecule has 0 fully saturated rings. The van der Waals surface area contributed by atoms with E-state index in [1.54, 1.807) is 0 Å². The molecular formula is C74H74N4O. The molecule has 1 aliphatic heterocycles. The number of fused-ring (bicyclic) bond motifs is 10. The quantitative estimate of drug-likeness (QED) is 0.127. The molecule has 0 saturated carbocycles. The van der Waals surface area contributed by atoms with E-state index in [1.807, 2.05) is 63.9 Å². The van der Waals surface area contributed by atoms with E-state index >= 15 is 0 Å². The van der Waals surface area contributed by atoms with Crippen molar-refractivity contribution >= 4 is 32.8 Å². The molecule has 5 heteroatoms. The molecule has 79 heavy (non-hydrogen) atoms. The van der Waals surface area contributed by atoms with Gasteiger partial charge in [-0.15, -0.1) is 0 Å². The van der Waals surface area contributed by atoms with Crippen molar-refractivity contribution in [2.45, 2.75) is 131 Å². The lowest BCUT2D eigenvalue weighted by atomic mass is 9.77. The van der Waals surface area contributed by atoms with Crippen LogP contribution in [-0.4, -0.2) is 14.1 Å². The van der Waals surface area contributed by atoms with E-state index in [0.29, 0.717) is 45.0 Å². The van der Waals surface area contributed by atoms with Crippen LogP contribution < -0.4 is 9.30 Å². The Morgan fingerprint density at radius 3 is 1.66 bits per heavy atom.